The number of para-hydroxylation sites is 1. The van der Waals surface area contributed by atoms with Crippen LogP contribution < -0.4 is 10.1 Å². The lowest BCUT2D eigenvalue weighted by Crippen LogP contribution is -2.38. The molecule has 0 radical (unpaired) electrons. The molecule has 2 aromatic carbocycles. The van der Waals surface area contributed by atoms with E-state index < -0.39 is 0 Å². The Morgan fingerprint density at radius 3 is 2.88 bits per heavy atom. The minimum absolute atomic E-state index is 0.0114. The molecule has 1 saturated heterocycles. The van der Waals surface area contributed by atoms with Gasteiger partial charge in [-0.2, -0.15) is 5.26 Å². The Labute approximate surface area is 154 Å². The van der Waals surface area contributed by atoms with Gasteiger partial charge < -0.3 is 15.0 Å². The molecule has 0 unspecified atom stereocenters. The third-order valence-corrected chi connectivity index (χ3v) is 4.65. The zero-order valence-electron chi connectivity index (χ0n) is 14.9. The quantitative estimate of drug-likeness (QED) is 0.871. The number of likely N-dealkylation sites (tertiary alicyclic amines) is 1. The molecule has 1 aliphatic rings. The monoisotopic (exact) mass is 349 g/mol. The predicted molar refractivity (Wildman–Crippen MR) is 99.6 cm³/mol. The van der Waals surface area contributed by atoms with Crippen molar-refractivity contribution in [1.82, 2.24) is 10.2 Å². The van der Waals surface area contributed by atoms with Gasteiger partial charge in [-0.15, -0.1) is 0 Å². The van der Waals surface area contributed by atoms with Gasteiger partial charge in [0, 0.05) is 25.2 Å². The minimum atomic E-state index is 0.0114. The van der Waals surface area contributed by atoms with Crippen molar-refractivity contribution in [3.05, 3.63) is 65.7 Å². The SMILES string of the molecule is C[C@@H](N[C@@H]1CCN(C(=O)COc2ccccc2)C1)c1cccc(C#N)c1. The van der Waals surface area contributed by atoms with E-state index in [0.717, 1.165) is 18.5 Å². The van der Waals surface area contributed by atoms with E-state index in [0.29, 0.717) is 17.9 Å². The van der Waals surface area contributed by atoms with E-state index in [9.17, 15) is 4.79 Å². The van der Waals surface area contributed by atoms with E-state index in [1.165, 1.54) is 0 Å². The number of hydrogen-bond acceptors (Lipinski definition) is 4. The van der Waals surface area contributed by atoms with Crippen molar-refractivity contribution >= 4 is 5.91 Å². The summed E-state index contributed by atoms with van der Waals surface area (Å²) in [7, 11) is 0. The number of carbonyl (C=O) groups is 1. The second-order valence-electron chi connectivity index (χ2n) is 6.55. The molecule has 1 aliphatic heterocycles. The van der Waals surface area contributed by atoms with Gasteiger partial charge in [0.15, 0.2) is 6.61 Å². The van der Waals surface area contributed by atoms with Crippen molar-refractivity contribution in [1.29, 1.82) is 5.26 Å². The van der Waals surface area contributed by atoms with Gasteiger partial charge in [-0.25, -0.2) is 0 Å². The molecule has 0 aromatic heterocycles. The number of ether oxygens (including phenoxy) is 1. The first-order valence-corrected chi connectivity index (χ1v) is 8.87. The predicted octanol–water partition coefficient (Wildman–Crippen LogP) is 2.89. The number of hydrogen-bond donors (Lipinski definition) is 1. The van der Waals surface area contributed by atoms with Crippen molar-refractivity contribution in [2.75, 3.05) is 19.7 Å². The fraction of sp³-hybridized carbons (Fsp3) is 0.333. The van der Waals surface area contributed by atoms with E-state index in [2.05, 4.69) is 18.3 Å². The number of benzene rings is 2. The molecule has 2 aromatic rings. The standard InChI is InChI=1S/C21H23N3O2/c1-16(18-7-5-6-17(12-18)13-22)23-19-10-11-24(14-19)21(25)15-26-20-8-3-2-4-9-20/h2-9,12,16,19,23H,10-11,14-15H2,1H3/t16-,19-/m1/s1. The minimum Gasteiger partial charge on any atom is -0.484 e. The lowest BCUT2D eigenvalue weighted by atomic mass is 10.0. The van der Waals surface area contributed by atoms with Gasteiger partial charge in [0.2, 0.25) is 0 Å². The van der Waals surface area contributed by atoms with Gasteiger partial charge >= 0.3 is 0 Å². The summed E-state index contributed by atoms with van der Waals surface area (Å²) < 4.78 is 5.55. The highest BCUT2D eigenvalue weighted by Crippen LogP contribution is 2.18. The topological polar surface area (TPSA) is 65.4 Å². The number of amides is 1. The first-order chi connectivity index (χ1) is 12.7. The molecule has 0 aliphatic carbocycles. The molecule has 2 atom stereocenters. The lowest BCUT2D eigenvalue weighted by Gasteiger charge is -2.21. The van der Waals surface area contributed by atoms with Gasteiger partial charge in [-0.05, 0) is 43.2 Å². The third-order valence-electron chi connectivity index (χ3n) is 4.65. The first-order valence-electron chi connectivity index (χ1n) is 8.87. The Kier molecular flexibility index (Phi) is 5.88. The molecular formula is C21H23N3O2. The van der Waals surface area contributed by atoms with Crippen LogP contribution in [-0.4, -0.2) is 36.5 Å². The highest BCUT2D eigenvalue weighted by molar-refractivity contribution is 5.78. The van der Waals surface area contributed by atoms with Gasteiger partial charge in [-0.1, -0.05) is 30.3 Å². The van der Waals surface area contributed by atoms with Crippen LogP contribution in [0, 0.1) is 11.3 Å². The molecule has 1 N–H and O–H groups in total. The van der Waals surface area contributed by atoms with Gasteiger partial charge in [0.1, 0.15) is 5.75 Å². The van der Waals surface area contributed by atoms with Gasteiger partial charge in [0.25, 0.3) is 5.91 Å². The van der Waals surface area contributed by atoms with E-state index in [1.54, 1.807) is 6.07 Å². The number of nitrogens with one attached hydrogen (secondary N) is 1. The van der Waals surface area contributed by atoms with E-state index in [4.69, 9.17) is 10.00 Å². The Hall–Kier alpha value is -2.84. The molecule has 1 fully saturated rings. The summed E-state index contributed by atoms with van der Waals surface area (Å²) in [5, 5.41) is 12.6. The zero-order valence-corrected chi connectivity index (χ0v) is 14.9. The molecule has 0 saturated carbocycles. The summed E-state index contributed by atoms with van der Waals surface area (Å²) in [6.07, 6.45) is 0.916. The highest BCUT2D eigenvalue weighted by atomic mass is 16.5. The normalized spacial score (nSPS) is 17.5. The van der Waals surface area contributed by atoms with Crippen LogP contribution in [0.25, 0.3) is 0 Å². The van der Waals surface area contributed by atoms with Gasteiger partial charge in [0.05, 0.1) is 11.6 Å². The molecule has 0 bridgehead atoms. The van der Waals surface area contributed by atoms with Crippen molar-refractivity contribution in [2.24, 2.45) is 0 Å². The molecule has 3 rings (SSSR count). The van der Waals surface area contributed by atoms with Crippen LogP contribution in [0.5, 0.6) is 5.75 Å². The Morgan fingerprint density at radius 2 is 2.12 bits per heavy atom. The van der Waals surface area contributed by atoms with Crippen LogP contribution in [0.3, 0.4) is 0 Å². The lowest BCUT2D eigenvalue weighted by molar-refractivity contribution is -0.132. The maximum Gasteiger partial charge on any atom is 0.260 e. The van der Waals surface area contributed by atoms with Crippen LogP contribution in [-0.2, 0) is 4.79 Å². The number of rotatable bonds is 6. The van der Waals surface area contributed by atoms with E-state index in [1.807, 2.05) is 53.4 Å². The molecule has 5 nitrogen and oxygen atoms in total. The molecule has 5 heteroatoms. The largest absolute Gasteiger partial charge is 0.484 e. The van der Waals surface area contributed by atoms with Crippen molar-refractivity contribution in [3.63, 3.8) is 0 Å². The summed E-state index contributed by atoms with van der Waals surface area (Å²) in [6.45, 7) is 3.56. The van der Waals surface area contributed by atoms with Gasteiger partial charge in [-0.3, -0.25) is 4.79 Å². The fourth-order valence-corrected chi connectivity index (χ4v) is 3.20. The third kappa shape index (κ3) is 4.62. The second-order valence-corrected chi connectivity index (χ2v) is 6.55. The molecule has 0 spiro atoms. The summed E-state index contributed by atoms with van der Waals surface area (Å²) in [5.41, 5.74) is 1.75. The van der Waals surface area contributed by atoms with Crippen LogP contribution in [0.1, 0.15) is 30.5 Å². The van der Waals surface area contributed by atoms with Crippen molar-refractivity contribution in [3.8, 4) is 11.8 Å². The number of nitrogens with zero attached hydrogens (tertiary/aromatic N) is 2. The van der Waals surface area contributed by atoms with Crippen LogP contribution in [0.4, 0.5) is 0 Å². The second kappa shape index (κ2) is 8.50. The van der Waals surface area contributed by atoms with Crippen molar-refractivity contribution in [2.45, 2.75) is 25.4 Å². The fourth-order valence-electron chi connectivity index (χ4n) is 3.20. The highest BCUT2D eigenvalue weighted by Gasteiger charge is 2.27. The number of carbonyl (C=O) groups excluding carboxylic acids is 1. The molecule has 26 heavy (non-hydrogen) atoms. The average Bonchev–Trinajstić information content (AvgIpc) is 3.15. The first kappa shape index (κ1) is 18.0. The maximum absolute atomic E-state index is 12.3. The maximum atomic E-state index is 12.3. The molecule has 1 heterocycles. The molecule has 134 valence electrons. The molecule has 1 amide bonds. The Bertz CT molecular complexity index is 785. The Balaban J connectivity index is 1.48. The summed E-state index contributed by atoms with van der Waals surface area (Å²) in [4.78, 5) is 14.2. The number of nitriles is 1. The van der Waals surface area contributed by atoms with Crippen LogP contribution >= 0.6 is 0 Å². The summed E-state index contributed by atoms with van der Waals surface area (Å²) in [5.74, 6) is 0.720. The summed E-state index contributed by atoms with van der Waals surface area (Å²) in [6, 6.07) is 19.6. The zero-order chi connectivity index (χ0) is 18.4. The Morgan fingerprint density at radius 1 is 1.31 bits per heavy atom. The van der Waals surface area contributed by atoms with Crippen LogP contribution in [0.15, 0.2) is 54.6 Å². The van der Waals surface area contributed by atoms with E-state index >= 15 is 0 Å². The van der Waals surface area contributed by atoms with E-state index in [-0.39, 0.29) is 24.6 Å². The smallest absolute Gasteiger partial charge is 0.260 e. The van der Waals surface area contributed by atoms with Crippen LogP contribution in [0.2, 0.25) is 0 Å². The van der Waals surface area contributed by atoms with Crippen molar-refractivity contribution < 1.29 is 9.53 Å². The molecular weight excluding hydrogens is 326 g/mol. The summed E-state index contributed by atoms with van der Waals surface area (Å²) >= 11 is 0. The average molecular weight is 349 g/mol.